The average molecular weight is 251 g/mol. The van der Waals surface area contributed by atoms with Crippen molar-refractivity contribution in [3.05, 3.63) is 29.6 Å². The van der Waals surface area contributed by atoms with Crippen molar-refractivity contribution >= 4 is 11.6 Å². The van der Waals surface area contributed by atoms with Crippen LogP contribution in [-0.2, 0) is 0 Å². The monoisotopic (exact) mass is 251 g/mol. The Morgan fingerprint density at radius 1 is 1.33 bits per heavy atom. The number of nitrogens with one attached hydrogen (secondary N) is 1. The lowest BCUT2D eigenvalue weighted by Gasteiger charge is -2.30. The van der Waals surface area contributed by atoms with Gasteiger partial charge in [-0.05, 0) is 31.0 Å². The second-order valence-corrected chi connectivity index (χ2v) is 4.75. The van der Waals surface area contributed by atoms with Crippen LogP contribution in [0.25, 0.3) is 0 Å². The summed E-state index contributed by atoms with van der Waals surface area (Å²) in [4.78, 5) is 11.3. The molecule has 0 aromatic heterocycles. The van der Waals surface area contributed by atoms with Gasteiger partial charge in [0.1, 0.15) is 5.82 Å². The molecule has 0 aliphatic heterocycles. The van der Waals surface area contributed by atoms with Crippen LogP contribution in [0.4, 0.5) is 10.1 Å². The van der Waals surface area contributed by atoms with Crippen LogP contribution in [-0.4, -0.2) is 18.0 Å². The Hall–Kier alpha value is -1.62. The van der Waals surface area contributed by atoms with E-state index in [-0.39, 0.29) is 17.6 Å². The van der Waals surface area contributed by atoms with Crippen molar-refractivity contribution in [2.45, 2.75) is 37.8 Å². The predicted molar refractivity (Wildman–Crippen MR) is 68.8 cm³/mol. The first-order valence-electron chi connectivity index (χ1n) is 6.19. The van der Waals surface area contributed by atoms with E-state index in [2.05, 4.69) is 5.32 Å². The van der Waals surface area contributed by atoms with Gasteiger partial charge >= 0.3 is 0 Å². The predicted octanol–water partition coefficient (Wildman–Crippen LogP) is 1.61. The van der Waals surface area contributed by atoms with Crippen molar-refractivity contribution in [1.82, 2.24) is 0 Å². The molecule has 1 fully saturated rings. The van der Waals surface area contributed by atoms with Gasteiger partial charge in [-0.25, -0.2) is 4.39 Å². The molecular formula is C13H18FN3O. The lowest BCUT2D eigenvalue weighted by molar-refractivity contribution is 0.100. The van der Waals surface area contributed by atoms with Crippen molar-refractivity contribution in [2.24, 2.45) is 11.5 Å². The van der Waals surface area contributed by atoms with E-state index in [0.717, 1.165) is 31.7 Å². The van der Waals surface area contributed by atoms with Crippen LogP contribution >= 0.6 is 0 Å². The number of carbonyl (C=O) groups excluding carboxylic acids is 1. The number of nitrogens with two attached hydrogens (primary N) is 2. The Morgan fingerprint density at radius 3 is 2.72 bits per heavy atom. The average Bonchev–Trinajstić information content (AvgIpc) is 2.34. The zero-order valence-electron chi connectivity index (χ0n) is 10.2. The third-order valence-corrected chi connectivity index (χ3v) is 3.41. The van der Waals surface area contributed by atoms with Gasteiger partial charge in [0.2, 0.25) is 0 Å². The molecule has 1 saturated carbocycles. The smallest absolute Gasteiger partial charge is 0.250 e. The fraction of sp³-hybridized carbons (Fsp3) is 0.462. The van der Waals surface area contributed by atoms with Crippen molar-refractivity contribution in [1.29, 1.82) is 0 Å². The number of benzene rings is 1. The van der Waals surface area contributed by atoms with E-state index in [4.69, 9.17) is 11.5 Å². The lowest BCUT2D eigenvalue weighted by atomic mass is 9.90. The van der Waals surface area contributed by atoms with Gasteiger partial charge in [0.25, 0.3) is 5.91 Å². The van der Waals surface area contributed by atoms with Crippen molar-refractivity contribution in [3.63, 3.8) is 0 Å². The van der Waals surface area contributed by atoms with Crippen LogP contribution in [0, 0.1) is 5.82 Å². The second kappa shape index (κ2) is 5.35. The first-order chi connectivity index (χ1) is 8.58. The minimum absolute atomic E-state index is 0.0597. The highest BCUT2D eigenvalue weighted by Gasteiger charge is 2.22. The van der Waals surface area contributed by atoms with E-state index in [1.807, 2.05) is 0 Å². The van der Waals surface area contributed by atoms with E-state index >= 15 is 0 Å². The molecule has 1 aliphatic carbocycles. The van der Waals surface area contributed by atoms with Crippen LogP contribution in [0.15, 0.2) is 18.2 Å². The summed E-state index contributed by atoms with van der Waals surface area (Å²) in [6.45, 7) is 0. The molecule has 1 aromatic carbocycles. The number of hydrogen-bond acceptors (Lipinski definition) is 3. The molecule has 0 bridgehead atoms. The number of hydrogen-bond donors (Lipinski definition) is 3. The van der Waals surface area contributed by atoms with Gasteiger partial charge in [0.05, 0.1) is 5.56 Å². The zero-order chi connectivity index (χ0) is 13.1. The van der Waals surface area contributed by atoms with Crippen LogP contribution in [0.1, 0.15) is 36.0 Å². The minimum atomic E-state index is -0.638. The number of halogens is 1. The van der Waals surface area contributed by atoms with E-state index in [9.17, 15) is 9.18 Å². The number of anilines is 1. The lowest BCUT2D eigenvalue weighted by Crippen LogP contribution is -2.42. The third-order valence-electron chi connectivity index (χ3n) is 3.41. The maximum absolute atomic E-state index is 13.1. The van der Waals surface area contributed by atoms with E-state index in [1.54, 1.807) is 0 Å². The SMILES string of the molecule is NC(=O)c1cc(F)ccc1N[C@@H]1CCCC[C@H]1N. The highest BCUT2D eigenvalue weighted by Crippen LogP contribution is 2.23. The Bertz CT molecular complexity index is 450. The molecule has 0 spiro atoms. The molecule has 2 atom stereocenters. The highest BCUT2D eigenvalue weighted by atomic mass is 19.1. The summed E-state index contributed by atoms with van der Waals surface area (Å²) in [5.41, 5.74) is 12.0. The zero-order valence-corrected chi connectivity index (χ0v) is 10.2. The highest BCUT2D eigenvalue weighted by molar-refractivity contribution is 5.98. The molecule has 5 heteroatoms. The standard InChI is InChI=1S/C13H18FN3O/c14-8-5-6-11(9(7-8)13(16)18)17-12-4-2-1-3-10(12)15/h5-7,10,12,17H,1-4,15H2,(H2,16,18)/t10-,12-/m1/s1. The molecule has 0 unspecified atom stereocenters. The summed E-state index contributed by atoms with van der Waals surface area (Å²) in [5, 5.41) is 3.22. The summed E-state index contributed by atoms with van der Waals surface area (Å²) < 4.78 is 13.1. The molecule has 2 rings (SSSR count). The molecule has 1 aromatic rings. The first kappa shape index (κ1) is 12.8. The number of amides is 1. The van der Waals surface area contributed by atoms with Gasteiger partial charge in [0.15, 0.2) is 0 Å². The third kappa shape index (κ3) is 2.79. The van der Waals surface area contributed by atoms with Crippen LogP contribution in [0.5, 0.6) is 0 Å². The summed E-state index contributed by atoms with van der Waals surface area (Å²) in [5.74, 6) is -1.11. The quantitative estimate of drug-likeness (QED) is 0.763. The Balaban J connectivity index is 2.20. The fourth-order valence-corrected chi connectivity index (χ4v) is 2.38. The minimum Gasteiger partial charge on any atom is -0.380 e. The summed E-state index contributed by atoms with van der Waals surface area (Å²) in [7, 11) is 0. The molecule has 5 N–H and O–H groups in total. The fourth-order valence-electron chi connectivity index (χ4n) is 2.38. The molecule has 0 radical (unpaired) electrons. The molecule has 98 valence electrons. The molecule has 1 aliphatic rings. The van der Waals surface area contributed by atoms with Gasteiger partial charge in [-0.1, -0.05) is 12.8 Å². The van der Waals surface area contributed by atoms with E-state index in [1.165, 1.54) is 12.1 Å². The van der Waals surface area contributed by atoms with Gasteiger partial charge in [-0.15, -0.1) is 0 Å². The maximum Gasteiger partial charge on any atom is 0.250 e. The topological polar surface area (TPSA) is 81.1 Å². The second-order valence-electron chi connectivity index (χ2n) is 4.75. The molecule has 0 heterocycles. The molecule has 4 nitrogen and oxygen atoms in total. The van der Waals surface area contributed by atoms with Gasteiger partial charge in [-0.2, -0.15) is 0 Å². The number of carbonyl (C=O) groups is 1. The van der Waals surface area contributed by atoms with Crippen molar-refractivity contribution in [2.75, 3.05) is 5.32 Å². The van der Waals surface area contributed by atoms with Crippen LogP contribution in [0.3, 0.4) is 0 Å². The molecular weight excluding hydrogens is 233 g/mol. The van der Waals surface area contributed by atoms with Gasteiger partial charge < -0.3 is 16.8 Å². The molecule has 0 saturated heterocycles. The van der Waals surface area contributed by atoms with Gasteiger partial charge in [-0.3, -0.25) is 4.79 Å². The Labute approximate surface area is 106 Å². The molecule has 1 amide bonds. The number of primary amides is 1. The summed E-state index contributed by atoms with van der Waals surface area (Å²) in [6.07, 6.45) is 4.16. The van der Waals surface area contributed by atoms with E-state index < -0.39 is 11.7 Å². The first-order valence-corrected chi connectivity index (χ1v) is 6.19. The number of rotatable bonds is 3. The normalized spacial score (nSPS) is 23.7. The largest absolute Gasteiger partial charge is 0.380 e. The Kier molecular flexibility index (Phi) is 3.81. The summed E-state index contributed by atoms with van der Waals surface area (Å²) in [6, 6.07) is 4.17. The van der Waals surface area contributed by atoms with E-state index in [0.29, 0.717) is 5.69 Å². The van der Waals surface area contributed by atoms with Crippen LogP contribution in [0.2, 0.25) is 0 Å². The van der Waals surface area contributed by atoms with Crippen molar-refractivity contribution in [3.8, 4) is 0 Å². The Morgan fingerprint density at radius 2 is 2.06 bits per heavy atom. The molecule has 18 heavy (non-hydrogen) atoms. The van der Waals surface area contributed by atoms with Crippen LogP contribution < -0.4 is 16.8 Å². The maximum atomic E-state index is 13.1. The summed E-state index contributed by atoms with van der Waals surface area (Å²) >= 11 is 0. The van der Waals surface area contributed by atoms with Crippen molar-refractivity contribution < 1.29 is 9.18 Å². The van der Waals surface area contributed by atoms with Gasteiger partial charge in [0, 0.05) is 17.8 Å².